The van der Waals surface area contributed by atoms with Gasteiger partial charge < -0.3 is 10.2 Å². The van der Waals surface area contributed by atoms with Crippen LogP contribution < -0.4 is 5.32 Å². The first-order valence-corrected chi connectivity index (χ1v) is 11.3. The second kappa shape index (κ2) is 6.64. The molecular formula is C17H21N3O3S2. The summed E-state index contributed by atoms with van der Waals surface area (Å²) in [6.45, 7) is 1.77. The van der Waals surface area contributed by atoms with Crippen LogP contribution in [0, 0.1) is 0 Å². The third-order valence-electron chi connectivity index (χ3n) is 4.84. The molecule has 2 atom stereocenters. The molecular weight excluding hydrogens is 358 g/mol. The van der Waals surface area contributed by atoms with Crippen molar-refractivity contribution in [1.29, 1.82) is 0 Å². The molecule has 1 N–H and O–H groups in total. The highest BCUT2D eigenvalue weighted by atomic mass is 32.2. The Morgan fingerprint density at radius 3 is 2.60 bits per heavy atom. The summed E-state index contributed by atoms with van der Waals surface area (Å²) in [7, 11) is -2.92. The number of sulfone groups is 1. The summed E-state index contributed by atoms with van der Waals surface area (Å²) in [6.07, 6.45) is 2.66. The number of hydrogen-bond donors (Lipinski definition) is 1. The molecule has 134 valence electrons. The number of thioether (sulfide) groups is 1. The van der Waals surface area contributed by atoms with E-state index in [9.17, 15) is 13.2 Å². The number of carbonyl (C=O) groups excluding carboxylic acids is 1. The number of nitrogens with one attached hydrogen (secondary N) is 1. The smallest absolute Gasteiger partial charge is 0.226 e. The van der Waals surface area contributed by atoms with E-state index in [1.54, 1.807) is 0 Å². The van der Waals surface area contributed by atoms with Crippen molar-refractivity contribution in [3.8, 4) is 0 Å². The highest BCUT2D eigenvalue weighted by Crippen LogP contribution is 2.34. The van der Waals surface area contributed by atoms with Gasteiger partial charge in [-0.3, -0.25) is 9.79 Å². The van der Waals surface area contributed by atoms with Gasteiger partial charge in [0.05, 0.1) is 24.0 Å². The Labute approximate surface area is 152 Å². The number of likely N-dealkylation sites (tertiary alicyclic amines) is 1. The van der Waals surface area contributed by atoms with Crippen LogP contribution in [-0.4, -0.2) is 60.3 Å². The number of amidine groups is 1. The molecule has 0 spiro atoms. The first-order valence-electron chi connectivity index (χ1n) is 8.57. The molecule has 0 radical (unpaired) electrons. The van der Waals surface area contributed by atoms with E-state index in [-0.39, 0.29) is 28.7 Å². The number of anilines is 1. The predicted molar refractivity (Wildman–Crippen MR) is 101 cm³/mol. The largest absolute Gasteiger partial charge is 0.342 e. The van der Waals surface area contributed by atoms with Crippen LogP contribution in [0.5, 0.6) is 0 Å². The van der Waals surface area contributed by atoms with E-state index in [0.29, 0.717) is 6.42 Å². The maximum Gasteiger partial charge on any atom is 0.226 e. The topological polar surface area (TPSA) is 78.8 Å². The number of carbonyl (C=O) groups is 1. The molecule has 1 aromatic carbocycles. The van der Waals surface area contributed by atoms with Crippen molar-refractivity contribution in [2.45, 2.75) is 30.6 Å². The Bertz CT molecular complexity index is 799. The van der Waals surface area contributed by atoms with Crippen molar-refractivity contribution in [3.63, 3.8) is 0 Å². The minimum atomic E-state index is -2.92. The van der Waals surface area contributed by atoms with Gasteiger partial charge in [-0.25, -0.2) is 8.42 Å². The summed E-state index contributed by atoms with van der Waals surface area (Å²) >= 11 is 1.51. The predicted octanol–water partition coefficient (Wildman–Crippen LogP) is 1.53. The molecule has 6 nitrogen and oxygen atoms in total. The van der Waals surface area contributed by atoms with Gasteiger partial charge in [-0.05, 0) is 30.5 Å². The fraction of sp³-hybridized carbons (Fsp3) is 0.529. The number of rotatable bonds is 3. The van der Waals surface area contributed by atoms with Crippen LogP contribution in [0.2, 0.25) is 0 Å². The van der Waals surface area contributed by atoms with E-state index in [0.717, 1.165) is 42.3 Å². The van der Waals surface area contributed by atoms with Crippen molar-refractivity contribution in [3.05, 3.63) is 29.8 Å². The zero-order valence-corrected chi connectivity index (χ0v) is 15.5. The highest BCUT2D eigenvalue weighted by molar-refractivity contribution is 8.15. The Morgan fingerprint density at radius 1 is 1.20 bits per heavy atom. The van der Waals surface area contributed by atoms with E-state index in [1.807, 2.05) is 29.2 Å². The maximum atomic E-state index is 12.2. The van der Waals surface area contributed by atoms with Crippen LogP contribution in [0.15, 0.2) is 29.3 Å². The van der Waals surface area contributed by atoms with Crippen LogP contribution in [0.4, 0.5) is 5.69 Å². The number of benzene rings is 1. The zero-order valence-electron chi connectivity index (χ0n) is 13.8. The fourth-order valence-corrected chi connectivity index (χ4v) is 7.17. The van der Waals surface area contributed by atoms with E-state index in [1.165, 1.54) is 11.8 Å². The van der Waals surface area contributed by atoms with Crippen LogP contribution in [0.1, 0.15) is 18.4 Å². The molecule has 25 heavy (non-hydrogen) atoms. The Balaban J connectivity index is 1.34. The number of hydrogen-bond acceptors (Lipinski definition) is 6. The molecule has 1 aromatic rings. The molecule has 8 heteroatoms. The molecule has 3 heterocycles. The van der Waals surface area contributed by atoms with Crippen molar-refractivity contribution in [2.24, 2.45) is 4.99 Å². The van der Waals surface area contributed by atoms with Gasteiger partial charge in [0.25, 0.3) is 0 Å². The van der Waals surface area contributed by atoms with E-state index in [4.69, 9.17) is 0 Å². The Kier molecular flexibility index (Phi) is 4.49. The quantitative estimate of drug-likeness (QED) is 0.862. The Morgan fingerprint density at radius 2 is 1.92 bits per heavy atom. The fourth-order valence-electron chi connectivity index (χ4n) is 3.50. The maximum absolute atomic E-state index is 12.2. The molecule has 0 saturated carbocycles. The van der Waals surface area contributed by atoms with E-state index in [2.05, 4.69) is 10.3 Å². The van der Waals surface area contributed by atoms with Crippen molar-refractivity contribution in [2.75, 3.05) is 29.9 Å². The van der Waals surface area contributed by atoms with E-state index < -0.39 is 9.84 Å². The lowest BCUT2D eigenvalue weighted by molar-refractivity contribution is -0.129. The van der Waals surface area contributed by atoms with Crippen LogP contribution in [-0.2, 0) is 21.1 Å². The molecule has 2 saturated heterocycles. The molecule has 3 aliphatic rings. The lowest BCUT2D eigenvalue weighted by Gasteiger charge is -2.15. The normalized spacial score (nSPS) is 27.2. The summed E-state index contributed by atoms with van der Waals surface area (Å²) in [5.41, 5.74) is 1.91. The summed E-state index contributed by atoms with van der Waals surface area (Å²) in [5, 5.41) is 4.08. The van der Waals surface area contributed by atoms with Gasteiger partial charge in [-0.15, -0.1) is 0 Å². The second-order valence-corrected chi connectivity index (χ2v) is 10.2. The number of aliphatic imine (C=N–C) groups is 1. The number of nitrogens with zero attached hydrogens (tertiary/aromatic N) is 2. The molecule has 2 fully saturated rings. The van der Waals surface area contributed by atoms with Crippen LogP contribution in [0.3, 0.4) is 0 Å². The van der Waals surface area contributed by atoms with Gasteiger partial charge in [-0.1, -0.05) is 23.9 Å². The molecule has 0 bridgehead atoms. The van der Waals surface area contributed by atoms with Gasteiger partial charge in [0, 0.05) is 24.0 Å². The van der Waals surface area contributed by atoms with Crippen LogP contribution in [0.25, 0.3) is 0 Å². The molecule has 3 aliphatic heterocycles. The summed E-state index contributed by atoms with van der Waals surface area (Å²) in [4.78, 5) is 18.6. The average molecular weight is 380 g/mol. The molecule has 0 aromatic heterocycles. The van der Waals surface area contributed by atoms with Crippen molar-refractivity contribution in [1.82, 2.24) is 4.90 Å². The number of amides is 1. The second-order valence-electron chi connectivity index (χ2n) is 6.82. The van der Waals surface area contributed by atoms with Gasteiger partial charge in [-0.2, -0.15) is 0 Å². The summed E-state index contributed by atoms with van der Waals surface area (Å²) in [5.74, 6) is 0.574. The lowest BCUT2D eigenvalue weighted by atomic mass is 10.1. The van der Waals surface area contributed by atoms with Gasteiger partial charge >= 0.3 is 0 Å². The highest BCUT2D eigenvalue weighted by Gasteiger charge is 2.42. The number of fused-ring (bicyclic) bond motifs is 1. The Hall–Kier alpha value is -1.54. The zero-order chi connectivity index (χ0) is 17.4. The molecule has 4 rings (SSSR count). The van der Waals surface area contributed by atoms with Crippen LogP contribution >= 0.6 is 11.8 Å². The SMILES string of the molecule is O=C(Cc1ccc(NC2=NC3CS(=O)(=O)CC3S2)cc1)N1CCCC1. The summed E-state index contributed by atoms with van der Waals surface area (Å²) < 4.78 is 23.2. The third kappa shape index (κ3) is 3.84. The van der Waals surface area contributed by atoms with Crippen molar-refractivity contribution < 1.29 is 13.2 Å². The molecule has 2 unspecified atom stereocenters. The van der Waals surface area contributed by atoms with Gasteiger partial charge in [0.15, 0.2) is 15.0 Å². The lowest BCUT2D eigenvalue weighted by Crippen LogP contribution is -2.29. The first kappa shape index (κ1) is 16.9. The minimum Gasteiger partial charge on any atom is -0.342 e. The third-order valence-corrected chi connectivity index (χ3v) is 7.98. The van der Waals surface area contributed by atoms with Gasteiger partial charge in [0.2, 0.25) is 5.91 Å². The summed E-state index contributed by atoms with van der Waals surface area (Å²) in [6, 6.07) is 7.69. The molecule has 0 aliphatic carbocycles. The van der Waals surface area contributed by atoms with Crippen molar-refractivity contribution >= 4 is 38.4 Å². The first-order chi connectivity index (χ1) is 12.0. The van der Waals surface area contributed by atoms with E-state index >= 15 is 0 Å². The minimum absolute atomic E-state index is 0.0462. The van der Waals surface area contributed by atoms with Gasteiger partial charge in [0.1, 0.15) is 0 Å². The monoisotopic (exact) mass is 379 g/mol. The standard InChI is InChI=1S/C17H21N3O3S2/c21-16(20-7-1-2-8-20)9-12-3-5-13(6-4-12)18-17-19-14-10-25(22,23)11-15(14)24-17/h3-6,14-15H,1-2,7-11H2,(H,18,19). The average Bonchev–Trinajstić information content (AvgIpc) is 3.24. The molecule has 1 amide bonds.